The van der Waals surface area contributed by atoms with Gasteiger partial charge in [-0.25, -0.2) is 0 Å². The molecular weight excluding hydrogens is 942 g/mol. The summed E-state index contributed by atoms with van der Waals surface area (Å²) in [5, 5.41) is 5.71. The van der Waals surface area contributed by atoms with E-state index in [9.17, 15) is 13.2 Å². The van der Waals surface area contributed by atoms with Crippen LogP contribution >= 0.6 is 0 Å². The second kappa shape index (κ2) is 16.7. The number of fused-ring (bicyclic) bond motifs is 6. The van der Waals surface area contributed by atoms with Gasteiger partial charge in [0.15, 0.2) is 0 Å². The Balaban J connectivity index is 0.000000304. The Morgan fingerprint density at radius 1 is 0.672 bits per heavy atom. The van der Waals surface area contributed by atoms with Gasteiger partial charge in [0.05, 0.1) is 11.0 Å². The van der Waals surface area contributed by atoms with Gasteiger partial charge in [0.1, 0.15) is 5.58 Å². The molecule has 7 heteroatoms. The number of aromatic nitrogens is 2. The van der Waals surface area contributed by atoms with Gasteiger partial charge < -0.3 is 14.4 Å². The summed E-state index contributed by atoms with van der Waals surface area (Å²) in [6, 6.07) is 39.1. The third kappa shape index (κ3) is 8.78. The van der Waals surface area contributed by atoms with Crippen LogP contribution in [-0.2, 0) is 31.9 Å². The number of rotatable bonds is 5. The normalized spacial score (nSPS) is 15.6. The van der Waals surface area contributed by atoms with Gasteiger partial charge >= 0.3 is 6.18 Å². The van der Waals surface area contributed by atoms with Crippen molar-refractivity contribution in [1.29, 1.82) is 0 Å². The fourth-order valence-corrected chi connectivity index (χ4v) is 7.12. The second-order valence-electron chi connectivity index (χ2n) is 16.4. The molecule has 0 amide bonds. The molecule has 0 aliphatic rings. The average Bonchev–Trinajstić information content (AvgIpc) is 3.67. The van der Waals surface area contributed by atoms with E-state index in [1.165, 1.54) is 17.7 Å². The topological polar surface area (TPSA) is 38.9 Å². The quantitative estimate of drug-likeness (QED) is 0.127. The summed E-state index contributed by atoms with van der Waals surface area (Å²) < 4.78 is 137. The zero-order valence-electron chi connectivity index (χ0n) is 44.9. The number of halogens is 3. The maximum absolute atomic E-state index is 14.0. The first-order valence-electron chi connectivity index (χ1n) is 24.8. The van der Waals surface area contributed by atoms with Crippen LogP contribution in [0, 0.1) is 38.1 Å². The largest absolute Gasteiger partial charge is 0.501 e. The monoisotopic (exact) mass is 1000 g/mol. The molecule has 0 saturated carbocycles. The maximum Gasteiger partial charge on any atom is 0.394 e. The minimum absolute atomic E-state index is 0. The molecule has 3 aromatic heterocycles. The summed E-state index contributed by atoms with van der Waals surface area (Å²) in [7, 11) is 0. The predicted molar refractivity (Wildman–Crippen MR) is 241 cm³/mol. The summed E-state index contributed by atoms with van der Waals surface area (Å²) in [6.45, 7) is 0.0175. The van der Waals surface area contributed by atoms with E-state index < -0.39 is 49.6 Å². The predicted octanol–water partition coefficient (Wildman–Crippen LogP) is 15.3. The van der Waals surface area contributed by atoms with E-state index in [1.54, 1.807) is 18.2 Å². The zero-order chi connectivity index (χ0) is 51.9. The fourth-order valence-electron chi connectivity index (χ4n) is 7.12. The molecule has 0 unspecified atom stereocenters. The molecule has 311 valence electrons. The third-order valence-corrected chi connectivity index (χ3v) is 10.7. The van der Waals surface area contributed by atoms with E-state index >= 15 is 0 Å². The molecule has 1 radical (unpaired) electrons. The van der Waals surface area contributed by atoms with E-state index in [4.69, 9.17) is 19.5 Å². The summed E-state index contributed by atoms with van der Waals surface area (Å²) in [5.74, 6) is 0. The number of nitrogens with zero attached hydrogens (tertiary/aromatic N) is 2. The summed E-state index contributed by atoms with van der Waals surface area (Å²) >= 11 is 0. The molecule has 61 heavy (non-hydrogen) atoms. The molecular formula is C54H47F3IrN2O-2. The molecule has 0 spiro atoms. The van der Waals surface area contributed by atoms with Crippen molar-refractivity contribution < 1.29 is 52.8 Å². The number of benzene rings is 6. The number of hydrogen-bond acceptors (Lipinski definition) is 3. The Morgan fingerprint density at radius 3 is 2.16 bits per heavy atom. The molecule has 0 N–H and O–H groups in total. The van der Waals surface area contributed by atoms with Crippen molar-refractivity contribution in [2.45, 2.75) is 73.1 Å². The Bertz CT molecular complexity index is 3410. The molecule has 9 aromatic rings. The maximum atomic E-state index is 14.0. The van der Waals surface area contributed by atoms with Crippen LogP contribution in [0.4, 0.5) is 13.2 Å². The van der Waals surface area contributed by atoms with Gasteiger partial charge in [0.25, 0.3) is 0 Å². The van der Waals surface area contributed by atoms with Crippen molar-refractivity contribution in [3.8, 4) is 33.6 Å². The van der Waals surface area contributed by atoms with Crippen LogP contribution in [0.15, 0.2) is 132 Å². The minimum Gasteiger partial charge on any atom is -0.501 e. The van der Waals surface area contributed by atoms with Gasteiger partial charge in [0.2, 0.25) is 0 Å². The first-order chi connectivity index (χ1) is 32.9. The van der Waals surface area contributed by atoms with Crippen LogP contribution in [0.2, 0.25) is 0 Å². The van der Waals surface area contributed by atoms with Crippen LogP contribution in [0.1, 0.15) is 77.5 Å². The average molecular weight is 1000 g/mol. The first-order valence-corrected chi connectivity index (χ1v) is 19.3. The molecule has 0 fully saturated rings. The Hall–Kier alpha value is -5.62. The number of alkyl halides is 3. The van der Waals surface area contributed by atoms with E-state index in [0.29, 0.717) is 36.1 Å². The van der Waals surface area contributed by atoms with E-state index in [1.807, 2.05) is 72.9 Å². The van der Waals surface area contributed by atoms with Gasteiger partial charge in [0, 0.05) is 53.0 Å². The van der Waals surface area contributed by atoms with Crippen molar-refractivity contribution in [1.82, 2.24) is 9.97 Å². The van der Waals surface area contributed by atoms with E-state index in [-0.39, 0.29) is 47.9 Å². The molecule has 0 aliphatic carbocycles. The van der Waals surface area contributed by atoms with Crippen LogP contribution in [0.25, 0.3) is 77.1 Å². The van der Waals surface area contributed by atoms with Crippen molar-refractivity contribution in [3.63, 3.8) is 0 Å². The zero-order valence-corrected chi connectivity index (χ0v) is 36.3. The van der Waals surface area contributed by atoms with Gasteiger partial charge in [-0.1, -0.05) is 125 Å². The SMILES string of the molecule is [2H]C([2H])([2H])c1c[c-]c(-c2ccc(C(C)(C)C)cn2)cc1.[2H]C([2H])([2H])c1cnc(-c2[c-]ccc3c2oc2cc4c(ccc5ccccc54)cc23)cc1-c1ccc(C([2H])([2H])C(C)(C)C(F)(F)F)cc1C([2H])([2H])[2H].[Ir]. The van der Waals surface area contributed by atoms with Gasteiger partial charge in [-0.2, -0.15) is 13.2 Å². The summed E-state index contributed by atoms with van der Waals surface area (Å²) in [4.78, 5) is 8.88. The van der Waals surface area contributed by atoms with Crippen LogP contribution in [0.5, 0.6) is 0 Å². The molecule has 0 saturated heterocycles. The Kier molecular flexibility index (Phi) is 8.55. The molecule has 0 aliphatic heterocycles. The van der Waals surface area contributed by atoms with Gasteiger partial charge in [-0.15, -0.1) is 53.6 Å². The summed E-state index contributed by atoms with van der Waals surface area (Å²) in [5.41, 5.74) is 0.404. The standard InChI is InChI=1S/C38H29F3NO.C16H18N.Ir/c1-22-16-24(20-37(3,4)38(39,40)41)12-15-27(22)31-18-34(42-21-23(31)2)30-11-7-10-29-33-17-26-14-13-25-8-5-6-9-28(25)32(26)19-35(33)43-36(29)30;1-12-5-7-13(8-6-12)15-10-9-14(11-17-15)16(2,3)4;/h5-10,12-19,21H,20H2,1-4H3;5-7,9-11H,1-4H3;/q2*-1;/i1D3,2D3,20D2;1D3;. The molecule has 6 aromatic carbocycles. The van der Waals surface area contributed by atoms with E-state index in [2.05, 4.69) is 42.9 Å². The molecule has 3 nitrogen and oxygen atoms in total. The van der Waals surface area contributed by atoms with Crippen LogP contribution in [-0.4, -0.2) is 16.1 Å². The van der Waals surface area contributed by atoms with Crippen molar-refractivity contribution in [2.24, 2.45) is 5.41 Å². The molecule has 9 rings (SSSR count). The van der Waals surface area contributed by atoms with Gasteiger partial charge in [-0.05, 0) is 104 Å². The summed E-state index contributed by atoms with van der Waals surface area (Å²) in [6.07, 6.45) is -5.01. The fraction of sp³-hybridized carbons (Fsp3) is 0.222. The Morgan fingerprint density at radius 2 is 1.46 bits per heavy atom. The van der Waals surface area contributed by atoms with Crippen LogP contribution in [0.3, 0.4) is 0 Å². The number of aryl methyl sites for hydroxylation is 3. The number of furan rings is 1. The Labute approximate surface area is 384 Å². The van der Waals surface area contributed by atoms with E-state index in [0.717, 1.165) is 68.0 Å². The number of pyridine rings is 2. The third-order valence-electron chi connectivity index (χ3n) is 10.7. The smallest absolute Gasteiger partial charge is 0.394 e. The molecule has 3 heterocycles. The first kappa shape index (κ1) is 31.3. The molecule has 0 atom stereocenters. The van der Waals surface area contributed by atoms with Crippen molar-refractivity contribution >= 4 is 43.5 Å². The number of hydrogen-bond donors (Lipinski definition) is 0. The van der Waals surface area contributed by atoms with Crippen molar-refractivity contribution in [2.75, 3.05) is 0 Å². The van der Waals surface area contributed by atoms with Gasteiger partial charge in [-0.3, -0.25) is 0 Å². The minimum atomic E-state index is -4.96. The molecule has 0 bridgehead atoms. The second-order valence-corrected chi connectivity index (χ2v) is 16.4. The van der Waals surface area contributed by atoms with Crippen LogP contribution < -0.4 is 0 Å². The van der Waals surface area contributed by atoms with Crippen molar-refractivity contribution in [3.05, 3.63) is 168 Å².